The van der Waals surface area contributed by atoms with E-state index >= 15 is 0 Å². The molecule has 11 rings (SSSR count). The van der Waals surface area contributed by atoms with Crippen molar-refractivity contribution in [1.82, 2.24) is 0 Å². The van der Waals surface area contributed by atoms with Gasteiger partial charge in [-0.25, -0.2) is 0 Å². The van der Waals surface area contributed by atoms with Crippen molar-refractivity contribution >= 4 is 0 Å². The Morgan fingerprint density at radius 2 is 0.168 bits per heavy atom. The molecule has 21 heteroatoms. The molecule has 0 heterocycles. The van der Waals surface area contributed by atoms with Crippen LogP contribution in [0.1, 0.15) is 111 Å². The topological polar surface area (TPSA) is 0 Å². The van der Waals surface area contributed by atoms with Crippen LogP contribution in [0.3, 0.4) is 0 Å². The van der Waals surface area contributed by atoms with Crippen LogP contribution in [-0.2, 0) is 687 Å². The summed E-state index contributed by atoms with van der Waals surface area (Å²) in [6.45, 7) is 42.7. The molecule has 119 heavy (non-hydrogen) atoms. The maximum Gasteiger partial charge on any atom is 0 e. The average Bonchev–Trinajstić information content (AvgIpc) is 0.874. The molecular formula is C98H142Y21-12. The van der Waals surface area contributed by atoms with Crippen LogP contribution in [0, 0.1) is 228 Å². The molecule has 0 unspecified atom stereocenters. The molecule has 0 saturated heterocycles. The molecule has 0 bridgehead atoms. The van der Waals surface area contributed by atoms with Crippen LogP contribution >= 0.6 is 0 Å². The summed E-state index contributed by atoms with van der Waals surface area (Å²) in [5, 5.41) is 0. The second kappa shape index (κ2) is 158. The van der Waals surface area contributed by atoms with E-state index in [2.05, 4.69) is 308 Å². The van der Waals surface area contributed by atoms with Crippen molar-refractivity contribution in [2.24, 2.45) is 0 Å². The first-order chi connectivity index (χ1) is 41.1. The second-order valence-electron chi connectivity index (χ2n) is 21.9. The Morgan fingerprint density at radius 1 is 0.0924 bits per heavy atom. The third-order valence-electron chi connectivity index (χ3n) is 15.0. The maximum atomic E-state index is 2.24. The number of hydrogen-bond donors (Lipinski definition) is 0. The van der Waals surface area contributed by atoms with Gasteiger partial charge in [0.25, 0.3) is 0 Å². The van der Waals surface area contributed by atoms with Crippen LogP contribution in [-0.4, -0.2) is 0 Å². The van der Waals surface area contributed by atoms with Gasteiger partial charge in [0.15, 0.2) is 0 Å². The van der Waals surface area contributed by atoms with Crippen molar-refractivity contribution < 1.29 is 687 Å². The molecule has 0 N–H and O–H groups in total. The summed E-state index contributed by atoms with van der Waals surface area (Å²) < 4.78 is 0. The van der Waals surface area contributed by atoms with Gasteiger partial charge in [0.05, 0.1) is 0 Å². The van der Waals surface area contributed by atoms with E-state index in [1.807, 2.05) is 109 Å². The van der Waals surface area contributed by atoms with E-state index in [-0.39, 0.29) is 776 Å². The zero-order chi connectivity index (χ0) is 64.1. The van der Waals surface area contributed by atoms with Crippen LogP contribution in [0.2, 0.25) is 0 Å². The zero-order valence-corrected chi connectivity index (χ0v) is 140. The van der Waals surface area contributed by atoms with Crippen molar-refractivity contribution in [3.63, 3.8) is 0 Å². The fourth-order valence-electron chi connectivity index (χ4n) is 7.33. The molecule has 609 valence electrons. The van der Waals surface area contributed by atoms with Gasteiger partial charge < -0.3 is 89.1 Å². The summed E-state index contributed by atoms with van der Waals surface area (Å²) in [7, 11) is 0. The molecular weight excluding hydrogens is 3040 g/mol. The Bertz CT molecular complexity index is 2840. The number of benzene rings is 11. The van der Waals surface area contributed by atoms with Gasteiger partial charge in [0, 0.05) is 687 Å². The standard InChI is InChI=1S/2C10H14.6C8H10.3C6H6.12CH3.21Y/c1-7-5-9(3)10(4)6-8(7)2;1-7-5-6-8(2)10(4)9(7)3;6*1-7-5-3-4-6-8(7)2;3*1-2-4-6-5-3-1;;;;;;;;;;;;;;;;;;;;;;;;;;;;;;;;;/h2*5-6H,1-4H3;6*3-6H,1-2H3;3*1-6H;12*1H3;;;;;;;;;;;;;;;;;;;;;/q;;;;;;;;;;;12*-1;;;;;;;;;;;;;;;;;;;;;. The third kappa shape index (κ3) is 131. The normalized spacial score (nSPS) is 6.62. The van der Waals surface area contributed by atoms with Crippen molar-refractivity contribution in [2.45, 2.75) is 138 Å². The minimum absolute atomic E-state index is 0. The fourth-order valence-corrected chi connectivity index (χ4v) is 7.33. The zero-order valence-electron chi connectivity index (χ0n) is 80.7. The van der Waals surface area contributed by atoms with Gasteiger partial charge in [-0.3, -0.25) is 0 Å². The van der Waals surface area contributed by atoms with E-state index in [1.165, 1.54) is 111 Å². The molecule has 0 amide bonds. The fraction of sp³-hybridized carbons (Fsp3) is 0.204. The van der Waals surface area contributed by atoms with E-state index in [9.17, 15) is 0 Å². The summed E-state index contributed by atoms with van der Waals surface area (Å²) >= 11 is 0. The van der Waals surface area contributed by atoms with Gasteiger partial charge in [-0.2, -0.15) is 0 Å². The van der Waals surface area contributed by atoms with E-state index < -0.39 is 0 Å². The molecule has 21 radical (unpaired) electrons. The first-order valence-electron chi connectivity index (χ1n) is 30.3. The molecule has 0 atom stereocenters. The van der Waals surface area contributed by atoms with Gasteiger partial charge in [0.1, 0.15) is 0 Å². The van der Waals surface area contributed by atoms with Crippen LogP contribution in [0.15, 0.2) is 279 Å². The van der Waals surface area contributed by atoms with Crippen molar-refractivity contribution in [3.8, 4) is 0 Å². The Kier molecular flexibility index (Phi) is 308. The molecule has 11 aromatic rings. The summed E-state index contributed by atoms with van der Waals surface area (Å²) in [6.07, 6.45) is 0. The minimum Gasteiger partial charge on any atom is -0.358 e. The van der Waals surface area contributed by atoms with Crippen LogP contribution in [0.25, 0.3) is 0 Å². The van der Waals surface area contributed by atoms with Crippen LogP contribution in [0.4, 0.5) is 0 Å². The molecule has 0 aliphatic carbocycles. The quantitative estimate of drug-likeness (QED) is 0.133. The molecule has 0 aliphatic rings. The summed E-state index contributed by atoms with van der Waals surface area (Å²) in [4.78, 5) is 0. The van der Waals surface area contributed by atoms with Gasteiger partial charge in [0.2, 0.25) is 0 Å². The largest absolute Gasteiger partial charge is 0.358 e. The summed E-state index contributed by atoms with van der Waals surface area (Å²) in [5.41, 5.74) is 27.6. The predicted octanol–water partition coefficient (Wildman–Crippen LogP) is 30.1. The first-order valence-corrected chi connectivity index (χ1v) is 30.3. The van der Waals surface area contributed by atoms with Crippen LogP contribution in [0.5, 0.6) is 0 Å². The minimum atomic E-state index is 0. The molecule has 11 aromatic carbocycles. The maximum absolute atomic E-state index is 2.24. The predicted molar refractivity (Wildman–Crippen MR) is 463 cm³/mol. The Morgan fingerprint density at radius 3 is 0.235 bits per heavy atom. The molecule has 0 aromatic heterocycles. The summed E-state index contributed by atoms with van der Waals surface area (Å²) in [6, 6.07) is 95.0. The smallest absolute Gasteiger partial charge is 0 e. The second-order valence-corrected chi connectivity index (χ2v) is 21.9. The number of aryl methyl sites for hydroxylation is 18. The van der Waals surface area contributed by atoms with Crippen molar-refractivity contribution in [1.29, 1.82) is 0 Å². The Balaban J connectivity index is -0.0000000215. The van der Waals surface area contributed by atoms with Crippen LogP contribution < -0.4 is 0 Å². The molecule has 0 aliphatic heterocycles. The van der Waals surface area contributed by atoms with E-state index in [4.69, 9.17) is 0 Å². The molecule has 0 nitrogen and oxygen atoms in total. The Labute approximate surface area is 1270 Å². The van der Waals surface area contributed by atoms with Gasteiger partial charge in [-0.1, -0.05) is 279 Å². The number of hydrogen-bond acceptors (Lipinski definition) is 0. The number of rotatable bonds is 0. The van der Waals surface area contributed by atoms with E-state index in [1.54, 1.807) is 0 Å². The van der Waals surface area contributed by atoms with Gasteiger partial charge >= 0.3 is 0 Å². The molecule has 0 spiro atoms. The van der Waals surface area contributed by atoms with E-state index in [0.29, 0.717) is 0 Å². The Hall–Kier alpha value is 14.6. The third-order valence-corrected chi connectivity index (χ3v) is 15.0. The molecule has 0 saturated carbocycles. The van der Waals surface area contributed by atoms with Gasteiger partial charge in [-0.05, 0) is 250 Å². The monoisotopic (exact) mass is 3190 g/mol. The van der Waals surface area contributed by atoms with Crippen molar-refractivity contribution in [2.75, 3.05) is 0 Å². The summed E-state index contributed by atoms with van der Waals surface area (Å²) in [5.74, 6) is 0. The average molecular weight is 3190 g/mol. The first kappa shape index (κ1) is 232. The molecule has 0 fully saturated rings. The van der Waals surface area contributed by atoms with E-state index in [0.717, 1.165) is 0 Å². The SMILES string of the molecule is Cc1cc(C)c(C)cc1C.Cc1ccc(C)c(C)c1C.Cc1ccccc1C.Cc1ccccc1C.Cc1ccccc1C.Cc1ccccc1C.Cc1ccccc1C.Cc1ccccc1C.[CH3-].[CH3-].[CH3-].[CH3-].[CH3-].[CH3-].[CH3-].[CH3-].[CH3-].[CH3-].[CH3-].[CH3-].[Y].[Y].[Y].[Y].[Y].[Y].[Y].[Y].[Y].[Y].[Y].[Y].[Y].[Y].[Y].[Y].[Y].[Y].[Y].[Y].[Y].c1ccccc1.c1ccccc1.c1ccccc1. The van der Waals surface area contributed by atoms with Crippen molar-refractivity contribution in [3.05, 3.63) is 479 Å². The van der Waals surface area contributed by atoms with Gasteiger partial charge in [-0.15, -0.1) is 0 Å².